The van der Waals surface area contributed by atoms with E-state index in [1.54, 1.807) is 12.3 Å². The van der Waals surface area contributed by atoms with Crippen LogP contribution in [0.25, 0.3) is 11.4 Å². The minimum Gasteiger partial charge on any atom is -0.493 e. The molecule has 0 saturated carbocycles. The molecule has 0 radical (unpaired) electrons. The van der Waals surface area contributed by atoms with Gasteiger partial charge in [-0.2, -0.15) is 0 Å². The van der Waals surface area contributed by atoms with Crippen LogP contribution in [0.3, 0.4) is 0 Å². The monoisotopic (exact) mass is 335 g/mol. The highest BCUT2D eigenvalue weighted by Crippen LogP contribution is 2.31. The standard InChI is InChI=1S/C14H17N5O3S/c1-2-5-22-13-4-3-9(23(15,20)21)6-10(13)14-16-7-12-11(18-14)8-17-19-12/h3-4,6-7,17,19H,2,5,8H2,1H3,(H2,15,20,21). The number of ether oxygens (including phenoxy) is 1. The number of primary sulfonamides is 1. The summed E-state index contributed by atoms with van der Waals surface area (Å²) in [4.78, 5) is 8.74. The molecule has 1 aliphatic rings. The van der Waals surface area contributed by atoms with Crippen LogP contribution in [0.5, 0.6) is 5.75 Å². The lowest BCUT2D eigenvalue weighted by atomic mass is 10.2. The number of rotatable bonds is 5. The van der Waals surface area contributed by atoms with Gasteiger partial charge in [-0.05, 0) is 24.6 Å². The molecule has 8 nitrogen and oxygen atoms in total. The van der Waals surface area contributed by atoms with Crippen LogP contribution in [0.15, 0.2) is 29.3 Å². The fraction of sp³-hybridized carbons (Fsp3) is 0.286. The van der Waals surface area contributed by atoms with Crippen molar-refractivity contribution in [2.24, 2.45) is 5.14 Å². The fourth-order valence-electron chi connectivity index (χ4n) is 2.21. The summed E-state index contributed by atoms with van der Waals surface area (Å²) in [5.74, 6) is 0.920. The largest absolute Gasteiger partial charge is 0.493 e. The highest BCUT2D eigenvalue weighted by molar-refractivity contribution is 7.89. The van der Waals surface area contributed by atoms with Crippen molar-refractivity contribution in [3.8, 4) is 17.1 Å². The molecule has 2 aromatic rings. The van der Waals surface area contributed by atoms with Gasteiger partial charge in [-0.3, -0.25) is 0 Å². The molecule has 0 spiro atoms. The van der Waals surface area contributed by atoms with Crippen molar-refractivity contribution in [3.05, 3.63) is 30.1 Å². The van der Waals surface area contributed by atoms with Crippen LogP contribution in [0.4, 0.5) is 5.69 Å². The summed E-state index contributed by atoms with van der Waals surface area (Å²) >= 11 is 0. The number of hydrazine groups is 1. The predicted octanol–water partition coefficient (Wildman–Crippen LogP) is 1.01. The van der Waals surface area contributed by atoms with E-state index in [2.05, 4.69) is 20.8 Å². The van der Waals surface area contributed by atoms with Gasteiger partial charge in [0.15, 0.2) is 5.82 Å². The second-order valence-electron chi connectivity index (χ2n) is 5.08. The van der Waals surface area contributed by atoms with Gasteiger partial charge in [0.05, 0.1) is 41.2 Å². The summed E-state index contributed by atoms with van der Waals surface area (Å²) in [6, 6.07) is 4.44. The van der Waals surface area contributed by atoms with E-state index in [9.17, 15) is 8.42 Å². The lowest BCUT2D eigenvalue weighted by molar-refractivity contribution is 0.318. The molecule has 9 heteroatoms. The molecule has 0 aliphatic carbocycles. The summed E-state index contributed by atoms with van der Waals surface area (Å²) in [5.41, 5.74) is 7.99. The van der Waals surface area contributed by atoms with Gasteiger partial charge in [0.25, 0.3) is 0 Å². The Hall–Kier alpha value is -2.23. The highest BCUT2D eigenvalue weighted by Gasteiger charge is 2.18. The number of sulfonamides is 1. The third kappa shape index (κ3) is 3.26. The minimum atomic E-state index is -3.82. The number of nitrogens with one attached hydrogen (secondary N) is 2. The molecule has 0 unspecified atom stereocenters. The van der Waals surface area contributed by atoms with Gasteiger partial charge in [0.1, 0.15) is 5.75 Å². The first kappa shape index (κ1) is 15.7. The third-order valence-corrected chi connectivity index (χ3v) is 4.24. The van der Waals surface area contributed by atoms with E-state index in [4.69, 9.17) is 9.88 Å². The SMILES string of the molecule is CCCOc1ccc(S(N)(=O)=O)cc1-c1ncc2c(n1)CNN2. The van der Waals surface area contributed by atoms with Gasteiger partial charge in [0, 0.05) is 0 Å². The maximum atomic E-state index is 11.6. The van der Waals surface area contributed by atoms with Gasteiger partial charge >= 0.3 is 0 Å². The first-order valence-corrected chi connectivity index (χ1v) is 8.68. The molecule has 3 rings (SSSR count). The zero-order chi connectivity index (χ0) is 16.4. The van der Waals surface area contributed by atoms with Crippen molar-refractivity contribution in [1.82, 2.24) is 15.4 Å². The quantitative estimate of drug-likeness (QED) is 0.746. The van der Waals surface area contributed by atoms with Gasteiger partial charge in [0.2, 0.25) is 10.0 Å². The molecular weight excluding hydrogens is 318 g/mol. The van der Waals surface area contributed by atoms with E-state index in [-0.39, 0.29) is 4.90 Å². The van der Waals surface area contributed by atoms with Crippen molar-refractivity contribution in [2.75, 3.05) is 12.0 Å². The molecule has 0 atom stereocenters. The summed E-state index contributed by atoms with van der Waals surface area (Å²) in [5, 5.41) is 5.21. The average molecular weight is 335 g/mol. The maximum Gasteiger partial charge on any atom is 0.238 e. The van der Waals surface area contributed by atoms with Gasteiger partial charge in [-0.1, -0.05) is 6.92 Å². The van der Waals surface area contributed by atoms with E-state index in [0.29, 0.717) is 30.3 Å². The number of nitrogens with two attached hydrogens (primary N) is 1. The number of anilines is 1. The van der Waals surface area contributed by atoms with E-state index in [0.717, 1.165) is 17.8 Å². The Morgan fingerprint density at radius 2 is 2.22 bits per heavy atom. The molecule has 0 fully saturated rings. The summed E-state index contributed by atoms with van der Waals surface area (Å²) in [6.45, 7) is 3.06. The summed E-state index contributed by atoms with van der Waals surface area (Å²) < 4.78 is 28.9. The minimum absolute atomic E-state index is 0.00306. The topological polar surface area (TPSA) is 119 Å². The van der Waals surface area contributed by atoms with Crippen LogP contribution in [0, 0.1) is 0 Å². The predicted molar refractivity (Wildman–Crippen MR) is 85.1 cm³/mol. The molecular formula is C14H17N5O3S. The molecule has 0 amide bonds. The number of nitrogens with zero attached hydrogens (tertiary/aromatic N) is 2. The normalized spacial score (nSPS) is 13.5. The van der Waals surface area contributed by atoms with Crippen LogP contribution in [0.2, 0.25) is 0 Å². The number of hydrogen-bond donors (Lipinski definition) is 3. The maximum absolute atomic E-state index is 11.6. The molecule has 1 aromatic carbocycles. The van der Waals surface area contributed by atoms with Crippen LogP contribution in [-0.4, -0.2) is 25.0 Å². The zero-order valence-electron chi connectivity index (χ0n) is 12.5. The summed E-state index contributed by atoms with van der Waals surface area (Å²) in [7, 11) is -3.82. The third-order valence-electron chi connectivity index (χ3n) is 3.33. The lowest BCUT2D eigenvalue weighted by Crippen LogP contribution is -2.12. The Morgan fingerprint density at radius 3 is 2.96 bits per heavy atom. The molecule has 1 aromatic heterocycles. The van der Waals surface area contributed by atoms with Gasteiger partial charge in [-0.25, -0.2) is 29.0 Å². The van der Waals surface area contributed by atoms with Crippen LogP contribution >= 0.6 is 0 Å². The lowest BCUT2D eigenvalue weighted by Gasteiger charge is -2.12. The Morgan fingerprint density at radius 1 is 1.39 bits per heavy atom. The molecule has 1 aliphatic heterocycles. The van der Waals surface area contributed by atoms with Crippen molar-refractivity contribution in [1.29, 1.82) is 0 Å². The second-order valence-corrected chi connectivity index (χ2v) is 6.65. The van der Waals surface area contributed by atoms with Crippen molar-refractivity contribution < 1.29 is 13.2 Å². The zero-order valence-corrected chi connectivity index (χ0v) is 13.4. The first-order chi connectivity index (χ1) is 11.0. The second kappa shape index (κ2) is 6.11. The smallest absolute Gasteiger partial charge is 0.238 e. The highest BCUT2D eigenvalue weighted by atomic mass is 32.2. The van der Waals surface area contributed by atoms with Crippen molar-refractivity contribution >= 4 is 15.7 Å². The average Bonchev–Trinajstić information content (AvgIpc) is 2.99. The first-order valence-electron chi connectivity index (χ1n) is 7.14. The Balaban J connectivity index is 2.10. The van der Waals surface area contributed by atoms with E-state index in [1.807, 2.05) is 6.92 Å². The molecule has 0 saturated heterocycles. The summed E-state index contributed by atoms with van der Waals surface area (Å²) in [6.07, 6.45) is 2.47. The van der Waals surface area contributed by atoms with Crippen molar-refractivity contribution in [3.63, 3.8) is 0 Å². The number of aromatic nitrogens is 2. The van der Waals surface area contributed by atoms with E-state index in [1.165, 1.54) is 12.1 Å². The Labute approximate surface area is 134 Å². The number of benzene rings is 1. The Bertz CT molecular complexity index is 838. The molecule has 0 bridgehead atoms. The van der Waals surface area contributed by atoms with Crippen LogP contribution in [-0.2, 0) is 16.6 Å². The Kier molecular flexibility index (Phi) is 4.16. The number of hydrogen-bond acceptors (Lipinski definition) is 7. The molecule has 23 heavy (non-hydrogen) atoms. The number of fused-ring (bicyclic) bond motifs is 1. The van der Waals surface area contributed by atoms with Crippen LogP contribution < -0.4 is 20.7 Å². The van der Waals surface area contributed by atoms with Gasteiger partial charge in [-0.15, -0.1) is 0 Å². The van der Waals surface area contributed by atoms with E-state index < -0.39 is 10.0 Å². The van der Waals surface area contributed by atoms with E-state index >= 15 is 0 Å². The molecule has 122 valence electrons. The fourth-order valence-corrected chi connectivity index (χ4v) is 2.75. The molecule has 2 heterocycles. The molecule has 4 N–H and O–H groups in total. The van der Waals surface area contributed by atoms with Crippen LogP contribution in [0.1, 0.15) is 19.0 Å². The van der Waals surface area contributed by atoms with Gasteiger partial charge < -0.3 is 10.2 Å². The van der Waals surface area contributed by atoms with Crippen molar-refractivity contribution in [2.45, 2.75) is 24.8 Å².